The molecule has 0 aromatic heterocycles. The molecule has 0 saturated carbocycles. The molecule has 0 aliphatic carbocycles. The number of rotatable bonds is 1. The number of anilines is 1. The molecule has 0 N–H and O–H groups in total. The van der Waals surface area contributed by atoms with Gasteiger partial charge in [-0.2, -0.15) is 0 Å². The second kappa shape index (κ2) is 5.44. The second-order valence-electron chi connectivity index (χ2n) is 3.05. The van der Waals surface area contributed by atoms with E-state index in [1.165, 1.54) is 0 Å². The summed E-state index contributed by atoms with van der Waals surface area (Å²) in [6.07, 6.45) is 0. The summed E-state index contributed by atoms with van der Waals surface area (Å²) in [5.74, 6) is 0. The summed E-state index contributed by atoms with van der Waals surface area (Å²) in [6.45, 7) is 3.46. The molecule has 4 heteroatoms. The van der Waals surface area contributed by atoms with Gasteiger partial charge < -0.3 is 9.64 Å². The monoisotopic (exact) mass is 233 g/mol. The van der Waals surface area contributed by atoms with E-state index >= 15 is 0 Å². The van der Waals surface area contributed by atoms with E-state index in [0.717, 1.165) is 37.0 Å². The number of hydrogen-bond acceptors (Lipinski definition) is 2. The number of hydrogen-bond donors (Lipinski definition) is 0. The van der Waals surface area contributed by atoms with Gasteiger partial charge >= 0.3 is 0 Å². The van der Waals surface area contributed by atoms with Gasteiger partial charge in [-0.3, -0.25) is 0 Å². The van der Waals surface area contributed by atoms with Crippen molar-refractivity contribution in [2.75, 3.05) is 31.2 Å². The molecule has 1 aliphatic rings. The molecule has 0 atom stereocenters. The summed E-state index contributed by atoms with van der Waals surface area (Å²) in [5.41, 5.74) is 1.12. The van der Waals surface area contributed by atoms with E-state index in [-0.39, 0.29) is 12.4 Å². The fraction of sp³-hybridized carbons (Fsp3) is 0.400. The third-order valence-corrected chi connectivity index (χ3v) is 2.52. The Bertz CT molecular complexity index is 287. The minimum atomic E-state index is 0. The van der Waals surface area contributed by atoms with Crippen molar-refractivity contribution in [2.24, 2.45) is 0 Å². The Labute approximate surface area is 95.2 Å². The van der Waals surface area contributed by atoms with Crippen molar-refractivity contribution in [1.82, 2.24) is 0 Å². The van der Waals surface area contributed by atoms with Gasteiger partial charge in [-0.15, -0.1) is 12.4 Å². The minimum Gasteiger partial charge on any atom is -0.378 e. The Morgan fingerprint density at radius 2 is 1.79 bits per heavy atom. The quantitative estimate of drug-likeness (QED) is 0.740. The highest BCUT2D eigenvalue weighted by molar-refractivity contribution is 6.33. The summed E-state index contributed by atoms with van der Waals surface area (Å²) >= 11 is 6.08. The van der Waals surface area contributed by atoms with Crippen LogP contribution >= 0.6 is 24.0 Å². The lowest BCUT2D eigenvalue weighted by Gasteiger charge is -2.29. The van der Waals surface area contributed by atoms with Gasteiger partial charge in [0.1, 0.15) is 0 Å². The van der Waals surface area contributed by atoms with Gasteiger partial charge in [-0.05, 0) is 12.1 Å². The van der Waals surface area contributed by atoms with E-state index in [1.807, 2.05) is 24.3 Å². The van der Waals surface area contributed by atoms with Gasteiger partial charge in [0.2, 0.25) is 0 Å². The van der Waals surface area contributed by atoms with Crippen LogP contribution in [-0.4, -0.2) is 26.3 Å². The minimum absolute atomic E-state index is 0. The molecule has 1 aromatic rings. The van der Waals surface area contributed by atoms with Crippen LogP contribution < -0.4 is 4.90 Å². The summed E-state index contributed by atoms with van der Waals surface area (Å²) in [5, 5.41) is 0.824. The first-order chi connectivity index (χ1) is 6.38. The Morgan fingerprint density at radius 1 is 1.14 bits per heavy atom. The summed E-state index contributed by atoms with van der Waals surface area (Å²) in [7, 11) is 0. The Hall–Kier alpha value is -0.440. The molecule has 78 valence electrons. The molecule has 1 aromatic carbocycles. The average molecular weight is 234 g/mol. The standard InChI is InChI=1S/C10H12ClNO.ClH/c11-9-3-1-2-4-10(9)12-5-7-13-8-6-12;/h1-4H,5-8H2;1H. The molecule has 0 unspecified atom stereocenters. The van der Waals surface area contributed by atoms with Crippen LogP contribution in [0.5, 0.6) is 0 Å². The number of ether oxygens (including phenoxy) is 1. The molecule has 0 radical (unpaired) electrons. The summed E-state index contributed by atoms with van der Waals surface area (Å²) < 4.78 is 5.28. The van der Waals surface area contributed by atoms with Crippen molar-refractivity contribution in [2.45, 2.75) is 0 Å². The molecular formula is C10H13Cl2NO. The van der Waals surface area contributed by atoms with Crippen LogP contribution in [0.3, 0.4) is 0 Å². The van der Waals surface area contributed by atoms with E-state index in [2.05, 4.69) is 4.90 Å². The second-order valence-corrected chi connectivity index (χ2v) is 3.46. The predicted octanol–water partition coefficient (Wildman–Crippen LogP) is 2.60. The first kappa shape index (κ1) is 11.6. The summed E-state index contributed by atoms with van der Waals surface area (Å²) in [6, 6.07) is 7.93. The lowest BCUT2D eigenvalue weighted by molar-refractivity contribution is 0.122. The number of halogens is 2. The van der Waals surface area contributed by atoms with E-state index in [1.54, 1.807) is 0 Å². The number of para-hydroxylation sites is 1. The first-order valence-electron chi connectivity index (χ1n) is 4.45. The zero-order chi connectivity index (χ0) is 9.10. The van der Waals surface area contributed by atoms with Gasteiger partial charge in [0.25, 0.3) is 0 Å². The van der Waals surface area contributed by atoms with Crippen LogP contribution in [0, 0.1) is 0 Å². The molecule has 0 bridgehead atoms. The van der Waals surface area contributed by atoms with Gasteiger partial charge in [0.15, 0.2) is 0 Å². The molecule has 1 fully saturated rings. The van der Waals surface area contributed by atoms with Crippen molar-refractivity contribution < 1.29 is 4.74 Å². The van der Waals surface area contributed by atoms with Crippen molar-refractivity contribution in [1.29, 1.82) is 0 Å². The van der Waals surface area contributed by atoms with E-state index in [4.69, 9.17) is 16.3 Å². The van der Waals surface area contributed by atoms with Crippen molar-refractivity contribution >= 4 is 29.7 Å². The Balaban J connectivity index is 0.000000980. The largest absolute Gasteiger partial charge is 0.378 e. The van der Waals surface area contributed by atoms with Crippen LogP contribution in [0.1, 0.15) is 0 Å². The molecule has 2 rings (SSSR count). The highest BCUT2D eigenvalue weighted by Gasteiger charge is 2.12. The number of nitrogens with zero attached hydrogens (tertiary/aromatic N) is 1. The average Bonchev–Trinajstić information content (AvgIpc) is 2.20. The Kier molecular flexibility index (Phi) is 4.52. The topological polar surface area (TPSA) is 12.5 Å². The Morgan fingerprint density at radius 3 is 2.43 bits per heavy atom. The normalized spacial score (nSPS) is 16.2. The molecule has 0 spiro atoms. The van der Waals surface area contributed by atoms with Crippen LogP contribution in [0.15, 0.2) is 24.3 Å². The SMILES string of the molecule is Cl.Clc1ccccc1N1CCOCC1. The maximum Gasteiger partial charge on any atom is 0.0642 e. The zero-order valence-electron chi connectivity index (χ0n) is 7.78. The van der Waals surface area contributed by atoms with Crippen LogP contribution in [-0.2, 0) is 4.74 Å². The lowest BCUT2D eigenvalue weighted by Crippen LogP contribution is -2.36. The highest BCUT2D eigenvalue weighted by Crippen LogP contribution is 2.25. The third-order valence-electron chi connectivity index (χ3n) is 2.20. The van der Waals surface area contributed by atoms with Crippen LogP contribution in [0.25, 0.3) is 0 Å². The van der Waals surface area contributed by atoms with Gasteiger partial charge in [-0.1, -0.05) is 23.7 Å². The first-order valence-corrected chi connectivity index (χ1v) is 4.83. The molecule has 0 amide bonds. The molecule has 2 nitrogen and oxygen atoms in total. The lowest BCUT2D eigenvalue weighted by atomic mass is 10.2. The van der Waals surface area contributed by atoms with Crippen molar-refractivity contribution in [3.8, 4) is 0 Å². The maximum atomic E-state index is 6.08. The molecule has 1 aliphatic heterocycles. The van der Waals surface area contributed by atoms with Crippen LogP contribution in [0.4, 0.5) is 5.69 Å². The van der Waals surface area contributed by atoms with Gasteiger partial charge in [0, 0.05) is 13.1 Å². The molecule has 1 saturated heterocycles. The predicted molar refractivity (Wildman–Crippen MR) is 61.7 cm³/mol. The number of benzene rings is 1. The van der Waals surface area contributed by atoms with Crippen molar-refractivity contribution in [3.63, 3.8) is 0 Å². The number of morpholine rings is 1. The third kappa shape index (κ3) is 2.53. The molecular weight excluding hydrogens is 221 g/mol. The van der Waals surface area contributed by atoms with Crippen LogP contribution in [0.2, 0.25) is 5.02 Å². The van der Waals surface area contributed by atoms with Crippen molar-refractivity contribution in [3.05, 3.63) is 29.3 Å². The molecule has 1 heterocycles. The van der Waals surface area contributed by atoms with Gasteiger partial charge in [-0.25, -0.2) is 0 Å². The summed E-state index contributed by atoms with van der Waals surface area (Å²) in [4.78, 5) is 2.26. The maximum absolute atomic E-state index is 6.08. The smallest absolute Gasteiger partial charge is 0.0642 e. The fourth-order valence-corrected chi connectivity index (χ4v) is 1.77. The zero-order valence-corrected chi connectivity index (χ0v) is 9.35. The molecule has 14 heavy (non-hydrogen) atoms. The van der Waals surface area contributed by atoms with E-state index < -0.39 is 0 Å². The fourth-order valence-electron chi connectivity index (χ4n) is 1.51. The van der Waals surface area contributed by atoms with Gasteiger partial charge in [0.05, 0.1) is 23.9 Å². The van der Waals surface area contributed by atoms with E-state index in [9.17, 15) is 0 Å². The van der Waals surface area contributed by atoms with E-state index in [0.29, 0.717) is 0 Å². The highest BCUT2D eigenvalue weighted by atomic mass is 35.5.